The van der Waals surface area contributed by atoms with Gasteiger partial charge in [-0.3, -0.25) is 0 Å². The van der Waals surface area contributed by atoms with E-state index in [0.29, 0.717) is 5.92 Å². The Hall–Kier alpha value is -0.453. The molecule has 1 fully saturated rings. The molecule has 1 heterocycles. The fourth-order valence-corrected chi connectivity index (χ4v) is 14.1. The van der Waals surface area contributed by atoms with Crippen LogP contribution in [0, 0.1) is 0 Å². The van der Waals surface area contributed by atoms with Crippen LogP contribution in [0.2, 0.25) is 16.6 Å². The Morgan fingerprint density at radius 2 is 1.56 bits per heavy atom. The van der Waals surface area contributed by atoms with Gasteiger partial charge >= 0.3 is 0 Å². The van der Waals surface area contributed by atoms with Gasteiger partial charge in [0, 0.05) is 4.90 Å². The zero-order valence-electron chi connectivity index (χ0n) is 17.2. The highest BCUT2D eigenvalue weighted by Gasteiger charge is 2.44. The summed E-state index contributed by atoms with van der Waals surface area (Å²) in [4.78, 5) is 1.52. The third kappa shape index (κ3) is 4.45. The summed E-state index contributed by atoms with van der Waals surface area (Å²) in [5, 5.41) is 3.51. The lowest BCUT2D eigenvalue weighted by molar-refractivity contribution is 0.410. The molecule has 0 bridgehead atoms. The normalized spacial score (nSPS) is 16.9. The molecule has 1 aromatic rings. The standard InChI is InChI=1S/C21H37NOSSi/c1-15(2)25(16(3)4,17(5)6)24-21-9-8-19(23-7)14-20(21)18-10-12-22-13-11-18/h8-9,14-18,22H,10-13H2,1-7H3. The monoisotopic (exact) mass is 379 g/mol. The summed E-state index contributed by atoms with van der Waals surface area (Å²) in [6.07, 6.45) is 2.47. The second-order valence-corrected chi connectivity index (χ2v) is 16.9. The Morgan fingerprint density at radius 1 is 1.00 bits per heavy atom. The molecular weight excluding hydrogens is 342 g/mol. The number of methoxy groups -OCH3 is 1. The Labute approximate surface area is 160 Å². The Morgan fingerprint density at radius 3 is 2.04 bits per heavy atom. The van der Waals surface area contributed by atoms with Crippen LogP contribution in [0.25, 0.3) is 0 Å². The zero-order valence-corrected chi connectivity index (χ0v) is 19.0. The first kappa shape index (κ1) is 20.9. The van der Waals surface area contributed by atoms with Gasteiger partial charge in [0.25, 0.3) is 0 Å². The molecule has 0 radical (unpaired) electrons. The molecule has 1 aliphatic rings. The SMILES string of the molecule is COc1ccc(S[Si](C(C)C)(C(C)C)C(C)C)c(C2CCNCC2)c1. The summed E-state index contributed by atoms with van der Waals surface area (Å²) in [5.41, 5.74) is 3.83. The van der Waals surface area contributed by atoms with Crippen LogP contribution >= 0.6 is 11.2 Å². The molecule has 0 saturated carbocycles. The van der Waals surface area contributed by atoms with Crippen molar-refractivity contribution in [1.82, 2.24) is 5.32 Å². The van der Waals surface area contributed by atoms with E-state index in [1.54, 1.807) is 7.11 Å². The molecule has 1 saturated heterocycles. The van der Waals surface area contributed by atoms with Gasteiger partial charge in [-0.25, -0.2) is 0 Å². The van der Waals surface area contributed by atoms with E-state index < -0.39 is 7.22 Å². The summed E-state index contributed by atoms with van der Waals surface area (Å²) in [7, 11) is 0.251. The first-order valence-corrected chi connectivity index (χ1v) is 13.7. The maximum Gasteiger partial charge on any atom is 0.131 e. The van der Waals surface area contributed by atoms with Crippen molar-refractivity contribution in [2.45, 2.75) is 81.8 Å². The average Bonchev–Trinajstić information content (AvgIpc) is 2.59. The minimum Gasteiger partial charge on any atom is -0.497 e. The Balaban J connectivity index is 2.45. The number of rotatable bonds is 7. The van der Waals surface area contributed by atoms with Crippen LogP contribution in [0.5, 0.6) is 5.75 Å². The van der Waals surface area contributed by atoms with Crippen LogP contribution in [0.3, 0.4) is 0 Å². The smallest absolute Gasteiger partial charge is 0.131 e. The Kier molecular flexibility index (Phi) is 7.48. The highest BCUT2D eigenvalue weighted by atomic mass is 32.4. The zero-order chi connectivity index (χ0) is 18.6. The van der Waals surface area contributed by atoms with Crippen LogP contribution < -0.4 is 10.1 Å². The number of benzene rings is 1. The van der Waals surface area contributed by atoms with E-state index in [0.717, 1.165) is 35.5 Å². The molecule has 1 N–H and O–H groups in total. The molecular formula is C21H37NOSSi. The molecule has 2 rings (SSSR count). The predicted octanol–water partition coefficient (Wildman–Crippen LogP) is 6.43. The third-order valence-electron chi connectivity index (χ3n) is 5.99. The number of hydrogen-bond acceptors (Lipinski definition) is 3. The molecule has 0 spiro atoms. The predicted molar refractivity (Wildman–Crippen MR) is 115 cm³/mol. The van der Waals surface area contributed by atoms with Gasteiger partial charge in [-0.1, -0.05) is 41.5 Å². The third-order valence-corrected chi connectivity index (χ3v) is 18.3. The van der Waals surface area contributed by atoms with Crippen LogP contribution in [0.15, 0.2) is 23.1 Å². The van der Waals surface area contributed by atoms with Gasteiger partial charge in [0.1, 0.15) is 13.0 Å². The fourth-order valence-electron chi connectivity index (χ4n) is 4.74. The molecule has 0 aliphatic carbocycles. The van der Waals surface area contributed by atoms with E-state index in [2.05, 4.69) is 76.3 Å². The average molecular weight is 380 g/mol. The maximum atomic E-state index is 5.56. The first-order chi connectivity index (χ1) is 11.8. The van der Waals surface area contributed by atoms with Gasteiger partial charge in [0.05, 0.1) is 7.11 Å². The highest BCUT2D eigenvalue weighted by Crippen LogP contribution is 2.53. The Bertz CT molecular complexity index is 531. The van der Waals surface area contributed by atoms with Crippen LogP contribution in [0.4, 0.5) is 0 Å². The van der Waals surface area contributed by atoms with Crippen molar-refractivity contribution in [1.29, 1.82) is 0 Å². The minimum absolute atomic E-state index is 0.664. The first-order valence-electron chi connectivity index (χ1n) is 9.90. The van der Waals surface area contributed by atoms with E-state index in [4.69, 9.17) is 4.74 Å². The van der Waals surface area contributed by atoms with E-state index in [1.807, 2.05) is 0 Å². The number of nitrogens with one attached hydrogen (secondary N) is 1. The summed E-state index contributed by atoms with van der Waals surface area (Å²) < 4.78 is 5.56. The molecule has 0 amide bonds. The van der Waals surface area contributed by atoms with Crippen LogP contribution in [-0.4, -0.2) is 27.4 Å². The molecule has 142 valence electrons. The van der Waals surface area contributed by atoms with Crippen molar-refractivity contribution in [3.05, 3.63) is 23.8 Å². The quantitative estimate of drug-likeness (QED) is 0.552. The second-order valence-electron chi connectivity index (χ2n) is 8.35. The summed E-state index contributed by atoms with van der Waals surface area (Å²) >= 11 is 2.26. The number of ether oxygens (including phenoxy) is 1. The summed E-state index contributed by atoms with van der Waals surface area (Å²) in [5.74, 6) is 1.67. The molecule has 25 heavy (non-hydrogen) atoms. The minimum atomic E-state index is -1.53. The van der Waals surface area contributed by atoms with Crippen molar-refractivity contribution in [3.8, 4) is 5.75 Å². The molecule has 2 nitrogen and oxygen atoms in total. The van der Waals surface area contributed by atoms with Gasteiger partial charge in [0.15, 0.2) is 0 Å². The van der Waals surface area contributed by atoms with E-state index in [-0.39, 0.29) is 0 Å². The molecule has 0 unspecified atom stereocenters. The van der Waals surface area contributed by atoms with Crippen molar-refractivity contribution >= 4 is 18.4 Å². The number of piperidine rings is 1. The van der Waals surface area contributed by atoms with Gasteiger partial charge < -0.3 is 10.1 Å². The largest absolute Gasteiger partial charge is 0.497 e. The molecule has 1 aromatic carbocycles. The lowest BCUT2D eigenvalue weighted by Gasteiger charge is -2.43. The fraction of sp³-hybridized carbons (Fsp3) is 0.714. The second kappa shape index (κ2) is 8.96. The lowest BCUT2D eigenvalue weighted by atomic mass is 9.90. The molecule has 1 aliphatic heterocycles. The highest BCUT2D eigenvalue weighted by molar-refractivity contribution is 8.29. The topological polar surface area (TPSA) is 21.3 Å². The van der Waals surface area contributed by atoms with Crippen LogP contribution in [0.1, 0.15) is 65.9 Å². The van der Waals surface area contributed by atoms with E-state index >= 15 is 0 Å². The van der Waals surface area contributed by atoms with Crippen LogP contribution in [-0.2, 0) is 0 Å². The summed E-state index contributed by atoms with van der Waals surface area (Å²) in [6, 6.07) is 6.82. The van der Waals surface area contributed by atoms with Gasteiger partial charge in [-0.15, -0.1) is 11.2 Å². The van der Waals surface area contributed by atoms with Crippen molar-refractivity contribution in [2.24, 2.45) is 0 Å². The maximum absolute atomic E-state index is 5.56. The van der Waals surface area contributed by atoms with E-state index in [9.17, 15) is 0 Å². The van der Waals surface area contributed by atoms with Crippen molar-refractivity contribution in [2.75, 3.05) is 20.2 Å². The summed E-state index contributed by atoms with van der Waals surface area (Å²) in [6.45, 7) is 17.0. The van der Waals surface area contributed by atoms with Crippen molar-refractivity contribution < 1.29 is 4.74 Å². The molecule has 4 heteroatoms. The molecule has 0 aromatic heterocycles. The van der Waals surface area contributed by atoms with E-state index in [1.165, 1.54) is 23.3 Å². The number of hydrogen-bond donors (Lipinski definition) is 1. The van der Waals surface area contributed by atoms with Crippen molar-refractivity contribution in [3.63, 3.8) is 0 Å². The van der Waals surface area contributed by atoms with Gasteiger partial charge in [-0.05, 0) is 72.2 Å². The molecule has 0 atom stereocenters. The lowest BCUT2D eigenvalue weighted by Crippen LogP contribution is -2.41. The van der Waals surface area contributed by atoms with Gasteiger partial charge in [0.2, 0.25) is 0 Å². The van der Waals surface area contributed by atoms with Gasteiger partial charge in [-0.2, -0.15) is 0 Å².